The van der Waals surface area contributed by atoms with Gasteiger partial charge in [0.2, 0.25) is 0 Å². The quantitative estimate of drug-likeness (QED) is 0.774. The molecule has 0 radical (unpaired) electrons. The van der Waals surface area contributed by atoms with E-state index < -0.39 is 0 Å². The van der Waals surface area contributed by atoms with Gasteiger partial charge in [-0.05, 0) is 19.1 Å². The van der Waals surface area contributed by atoms with Crippen molar-refractivity contribution in [3.8, 4) is 0 Å². The average molecular weight is 269 g/mol. The van der Waals surface area contributed by atoms with Gasteiger partial charge in [-0.25, -0.2) is 4.98 Å². The number of para-hydroxylation sites is 1. The Morgan fingerprint density at radius 1 is 1.35 bits per heavy atom. The molecule has 1 atom stereocenters. The Morgan fingerprint density at radius 3 is 2.95 bits per heavy atom. The molecule has 2 aromatic heterocycles. The van der Waals surface area contributed by atoms with Crippen LogP contribution >= 0.6 is 0 Å². The standard InChI is InChI=1S/C16H19N3O/c1-12(17-8-7-16-18-9-10-19(16)2)15-11-13-5-3-4-6-14(13)20-15/h3-6,9-12,17H,7-8H2,1-2H3. The van der Waals surface area contributed by atoms with E-state index in [4.69, 9.17) is 4.42 Å². The molecule has 2 heterocycles. The van der Waals surface area contributed by atoms with Crippen LogP contribution in [0.4, 0.5) is 0 Å². The molecule has 1 aromatic carbocycles. The molecule has 4 nitrogen and oxygen atoms in total. The molecule has 4 heteroatoms. The molecule has 3 aromatic rings. The number of fused-ring (bicyclic) bond motifs is 1. The fourth-order valence-corrected chi connectivity index (χ4v) is 2.35. The first kappa shape index (κ1) is 12.9. The van der Waals surface area contributed by atoms with Crippen LogP contribution in [0.15, 0.2) is 47.1 Å². The third-order valence-electron chi connectivity index (χ3n) is 3.59. The number of imidazole rings is 1. The van der Waals surface area contributed by atoms with Gasteiger partial charge in [0.1, 0.15) is 17.2 Å². The number of nitrogens with zero attached hydrogens (tertiary/aromatic N) is 2. The first-order valence-corrected chi connectivity index (χ1v) is 6.92. The fraction of sp³-hybridized carbons (Fsp3) is 0.312. The molecule has 0 aliphatic rings. The summed E-state index contributed by atoms with van der Waals surface area (Å²) in [7, 11) is 2.02. The molecular weight excluding hydrogens is 250 g/mol. The number of nitrogens with one attached hydrogen (secondary N) is 1. The molecule has 104 valence electrons. The molecule has 0 aliphatic carbocycles. The van der Waals surface area contributed by atoms with E-state index in [9.17, 15) is 0 Å². The second-order valence-corrected chi connectivity index (χ2v) is 5.07. The van der Waals surface area contributed by atoms with Crippen molar-refractivity contribution < 1.29 is 4.42 Å². The molecule has 3 rings (SSSR count). The third kappa shape index (κ3) is 2.60. The minimum atomic E-state index is 0.197. The molecule has 0 saturated carbocycles. The van der Waals surface area contributed by atoms with Gasteiger partial charge < -0.3 is 14.3 Å². The normalized spacial score (nSPS) is 12.9. The van der Waals surface area contributed by atoms with Gasteiger partial charge in [0, 0.05) is 37.8 Å². The van der Waals surface area contributed by atoms with Gasteiger partial charge in [-0.2, -0.15) is 0 Å². The van der Waals surface area contributed by atoms with E-state index in [-0.39, 0.29) is 6.04 Å². The summed E-state index contributed by atoms with van der Waals surface area (Å²) in [4.78, 5) is 4.32. The Labute approximate surface area is 118 Å². The van der Waals surface area contributed by atoms with Crippen molar-refractivity contribution in [1.82, 2.24) is 14.9 Å². The van der Waals surface area contributed by atoms with Crippen LogP contribution < -0.4 is 5.32 Å². The molecule has 0 aliphatic heterocycles. The van der Waals surface area contributed by atoms with Crippen LogP contribution in [0.2, 0.25) is 0 Å². The van der Waals surface area contributed by atoms with E-state index in [1.807, 2.05) is 42.2 Å². The lowest BCUT2D eigenvalue weighted by atomic mass is 10.2. The Balaban J connectivity index is 1.61. The van der Waals surface area contributed by atoms with Crippen LogP contribution in [0.3, 0.4) is 0 Å². The van der Waals surface area contributed by atoms with Gasteiger partial charge in [-0.1, -0.05) is 18.2 Å². The van der Waals surface area contributed by atoms with Crippen LogP contribution in [0.5, 0.6) is 0 Å². The first-order valence-electron chi connectivity index (χ1n) is 6.92. The van der Waals surface area contributed by atoms with E-state index in [0.29, 0.717) is 0 Å². The molecular formula is C16H19N3O. The van der Waals surface area contributed by atoms with Crippen molar-refractivity contribution in [2.24, 2.45) is 7.05 Å². The number of furan rings is 1. The molecule has 0 amide bonds. The summed E-state index contributed by atoms with van der Waals surface area (Å²) in [6, 6.07) is 10.4. The topological polar surface area (TPSA) is 43.0 Å². The summed E-state index contributed by atoms with van der Waals surface area (Å²) in [6.07, 6.45) is 4.71. The Kier molecular flexibility index (Phi) is 3.56. The van der Waals surface area contributed by atoms with E-state index in [1.54, 1.807) is 0 Å². The van der Waals surface area contributed by atoms with Crippen molar-refractivity contribution in [1.29, 1.82) is 0 Å². The largest absolute Gasteiger partial charge is 0.459 e. The second-order valence-electron chi connectivity index (χ2n) is 5.07. The molecule has 0 saturated heterocycles. The lowest BCUT2D eigenvalue weighted by molar-refractivity contribution is 0.451. The van der Waals surface area contributed by atoms with Crippen LogP contribution in [-0.2, 0) is 13.5 Å². The maximum atomic E-state index is 5.86. The van der Waals surface area contributed by atoms with Gasteiger partial charge >= 0.3 is 0 Å². The summed E-state index contributed by atoms with van der Waals surface area (Å²) in [5, 5.41) is 4.63. The summed E-state index contributed by atoms with van der Waals surface area (Å²) in [6.45, 7) is 3.00. The van der Waals surface area contributed by atoms with Crippen LogP contribution in [0, 0.1) is 0 Å². The SMILES string of the molecule is CC(NCCc1nccn1C)c1cc2ccccc2o1. The molecule has 0 bridgehead atoms. The number of rotatable bonds is 5. The smallest absolute Gasteiger partial charge is 0.134 e. The molecule has 20 heavy (non-hydrogen) atoms. The predicted octanol–water partition coefficient (Wildman–Crippen LogP) is 3.06. The van der Waals surface area contributed by atoms with E-state index in [0.717, 1.165) is 35.5 Å². The van der Waals surface area contributed by atoms with Gasteiger partial charge in [-0.3, -0.25) is 0 Å². The highest BCUT2D eigenvalue weighted by Gasteiger charge is 2.11. The zero-order valence-electron chi connectivity index (χ0n) is 11.8. The average Bonchev–Trinajstić information content (AvgIpc) is 3.05. The van der Waals surface area contributed by atoms with Crippen LogP contribution in [0.25, 0.3) is 11.0 Å². The lowest BCUT2D eigenvalue weighted by Crippen LogP contribution is -2.21. The van der Waals surface area contributed by atoms with Gasteiger partial charge in [0.05, 0.1) is 6.04 Å². The summed E-state index contributed by atoms with van der Waals surface area (Å²) in [5.41, 5.74) is 0.945. The molecule has 0 spiro atoms. The van der Waals surface area contributed by atoms with Crippen molar-refractivity contribution >= 4 is 11.0 Å². The maximum Gasteiger partial charge on any atom is 0.134 e. The summed E-state index contributed by atoms with van der Waals surface area (Å²) in [5.74, 6) is 2.07. The predicted molar refractivity (Wildman–Crippen MR) is 79.5 cm³/mol. The van der Waals surface area contributed by atoms with Crippen molar-refractivity contribution in [2.75, 3.05) is 6.54 Å². The highest BCUT2D eigenvalue weighted by Crippen LogP contribution is 2.23. The fourth-order valence-electron chi connectivity index (χ4n) is 2.35. The second kappa shape index (κ2) is 5.51. The lowest BCUT2D eigenvalue weighted by Gasteiger charge is -2.10. The highest BCUT2D eigenvalue weighted by atomic mass is 16.3. The zero-order valence-corrected chi connectivity index (χ0v) is 11.8. The van der Waals surface area contributed by atoms with E-state index >= 15 is 0 Å². The Hall–Kier alpha value is -2.07. The monoisotopic (exact) mass is 269 g/mol. The van der Waals surface area contributed by atoms with Gasteiger partial charge in [0.15, 0.2) is 0 Å². The Bertz CT molecular complexity index is 665. The Morgan fingerprint density at radius 2 is 2.20 bits per heavy atom. The maximum absolute atomic E-state index is 5.86. The van der Waals surface area contributed by atoms with Crippen LogP contribution in [0.1, 0.15) is 24.6 Å². The number of hydrogen-bond acceptors (Lipinski definition) is 3. The number of hydrogen-bond donors (Lipinski definition) is 1. The summed E-state index contributed by atoms with van der Waals surface area (Å²) < 4.78 is 7.91. The minimum absolute atomic E-state index is 0.197. The third-order valence-corrected chi connectivity index (χ3v) is 3.59. The molecule has 1 N–H and O–H groups in total. The number of benzene rings is 1. The van der Waals surface area contributed by atoms with E-state index in [2.05, 4.69) is 29.4 Å². The van der Waals surface area contributed by atoms with Crippen molar-refractivity contribution in [2.45, 2.75) is 19.4 Å². The first-order chi connectivity index (χ1) is 9.74. The highest BCUT2D eigenvalue weighted by molar-refractivity contribution is 5.77. The van der Waals surface area contributed by atoms with E-state index in [1.165, 1.54) is 0 Å². The minimum Gasteiger partial charge on any atom is -0.459 e. The molecule has 1 unspecified atom stereocenters. The number of aryl methyl sites for hydroxylation is 1. The summed E-state index contributed by atoms with van der Waals surface area (Å²) >= 11 is 0. The molecule has 0 fully saturated rings. The van der Waals surface area contributed by atoms with Crippen molar-refractivity contribution in [3.63, 3.8) is 0 Å². The van der Waals surface area contributed by atoms with Gasteiger partial charge in [0.25, 0.3) is 0 Å². The van der Waals surface area contributed by atoms with Crippen LogP contribution in [-0.4, -0.2) is 16.1 Å². The van der Waals surface area contributed by atoms with Crippen molar-refractivity contribution in [3.05, 3.63) is 54.3 Å². The zero-order chi connectivity index (χ0) is 13.9. The number of aromatic nitrogens is 2. The van der Waals surface area contributed by atoms with Gasteiger partial charge in [-0.15, -0.1) is 0 Å².